The van der Waals surface area contributed by atoms with Gasteiger partial charge in [0.25, 0.3) is 0 Å². The first-order valence-corrected chi connectivity index (χ1v) is 8.28. The average Bonchev–Trinajstić information content (AvgIpc) is 2.79. The van der Waals surface area contributed by atoms with Crippen LogP contribution in [0.5, 0.6) is 5.88 Å². The minimum Gasteiger partial charge on any atom is -0.472 e. The van der Waals surface area contributed by atoms with Crippen molar-refractivity contribution in [2.45, 2.75) is 39.5 Å². The second kappa shape index (κ2) is 11.9. The third-order valence-corrected chi connectivity index (χ3v) is 3.73. The summed E-state index contributed by atoms with van der Waals surface area (Å²) in [4.78, 5) is 11.8. The van der Waals surface area contributed by atoms with Gasteiger partial charge < -0.3 is 22.5 Å². The third kappa shape index (κ3) is 8.10. The van der Waals surface area contributed by atoms with E-state index >= 15 is 0 Å². The Labute approximate surface area is 182 Å². The molecule has 10 heteroatoms. The van der Waals surface area contributed by atoms with E-state index in [4.69, 9.17) is 10.1 Å². The van der Waals surface area contributed by atoms with E-state index in [-0.39, 0.29) is 44.1 Å². The van der Waals surface area contributed by atoms with Crippen LogP contribution in [0.4, 0.5) is 13.2 Å². The van der Waals surface area contributed by atoms with Crippen LogP contribution in [0, 0.1) is 19.8 Å². The number of hydrogen-bond donors (Lipinski definition) is 1. The van der Waals surface area contributed by atoms with Crippen molar-refractivity contribution in [3.63, 3.8) is 0 Å². The summed E-state index contributed by atoms with van der Waals surface area (Å²) in [5, 5.41) is 12.5. The van der Waals surface area contributed by atoms with Crippen LogP contribution in [-0.4, -0.2) is 52.2 Å². The van der Waals surface area contributed by atoms with Crippen molar-refractivity contribution in [1.29, 1.82) is 5.41 Å². The van der Waals surface area contributed by atoms with E-state index in [0.29, 0.717) is 22.6 Å². The molecular formula is C19H28F3N4O2V-. The van der Waals surface area contributed by atoms with E-state index in [1.165, 1.54) is 4.68 Å². The SMILES string of the molecule is C=CC/C(C)=C/C(=N)c1c(C)nn(C)c1OC(C)CN(C)C(=O)C(F)(F)F.[CH3-].[V]. The maximum atomic E-state index is 12.5. The number of alkyl halides is 3. The van der Waals surface area contributed by atoms with Gasteiger partial charge in [0.15, 0.2) is 0 Å². The van der Waals surface area contributed by atoms with Gasteiger partial charge in [-0.1, -0.05) is 11.6 Å². The van der Waals surface area contributed by atoms with Crippen LogP contribution in [-0.2, 0) is 30.4 Å². The van der Waals surface area contributed by atoms with Crippen molar-refractivity contribution in [2.75, 3.05) is 13.6 Å². The zero-order valence-corrected chi connectivity index (χ0v) is 19.0. The van der Waals surface area contributed by atoms with Crippen molar-refractivity contribution < 1.29 is 41.3 Å². The molecule has 29 heavy (non-hydrogen) atoms. The van der Waals surface area contributed by atoms with Crippen LogP contribution in [0.15, 0.2) is 24.3 Å². The molecule has 1 aromatic rings. The van der Waals surface area contributed by atoms with Crippen LogP contribution in [0.2, 0.25) is 0 Å². The quantitative estimate of drug-likeness (QED) is 0.370. The fourth-order valence-corrected chi connectivity index (χ4v) is 2.60. The van der Waals surface area contributed by atoms with E-state index in [1.807, 2.05) is 6.92 Å². The smallest absolute Gasteiger partial charge is 0.471 e. The van der Waals surface area contributed by atoms with Gasteiger partial charge in [-0.3, -0.25) is 4.79 Å². The molecule has 1 rings (SSSR count). The van der Waals surface area contributed by atoms with Gasteiger partial charge in [-0.25, -0.2) is 4.68 Å². The molecule has 0 aliphatic carbocycles. The summed E-state index contributed by atoms with van der Waals surface area (Å²) in [6.45, 7) is 8.52. The van der Waals surface area contributed by atoms with Crippen LogP contribution in [0.3, 0.4) is 0 Å². The molecule has 1 aromatic heterocycles. The molecule has 1 atom stereocenters. The number of rotatable bonds is 8. The Morgan fingerprint density at radius 1 is 1.45 bits per heavy atom. The van der Waals surface area contributed by atoms with Crippen LogP contribution >= 0.6 is 0 Å². The molecule has 0 aromatic carbocycles. The Bertz CT molecular complexity index is 757. The third-order valence-electron chi connectivity index (χ3n) is 3.73. The Balaban J connectivity index is 0. The monoisotopic (exact) mass is 452 g/mol. The second-order valence-electron chi connectivity index (χ2n) is 6.40. The van der Waals surface area contributed by atoms with Gasteiger partial charge in [0.05, 0.1) is 23.5 Å². The normalized spacial score (nSPS) is 12.3. The van der Waals surface area contributed by atoms with Crippen LogP contribution in [0.1, 0.15) is 31.5 Å². The maximum Gasteiger partial charge on any atom is 0.471 e. The number of aryl methyl sites for hydroxylation is 2. The predicted octanol–water partition coefficient (Wildman–Crippen LogP) is 3.85. The number of allylic oxidation sites excluding steroid dienone is 3. The van der Waals surface area contributed by atoms with Gasteiger partial charge in [0.1, 0.15) is 6.10 Å². The van der Waals surface area contributed by atoms with Crippen molar-refractivity contribution >= 4 is 11.6 Å². The average molecular weight is 452 g/mol. The van der Waals surface area contributed by atoms with Crippen molar-refractivity contribution in [1.82, 2.24) is 14.7 Å². The molecule has 1 N–H and O–H groups in total. The number of carbonyl (C=O) groups is 1. The molecule has 0 saturated carbocycles. The number of ether oxygens (including phenoxy) is 1. The Morgan fingerprint density at radius 2 is 2.00 bits per heavy atom. The van der Waals surface area contributed by atoms with Crippen LogP contribution < -0.4 is 4.74 Å². The summed E-state index contributed by atoms with van der Waals surface area (Å²) in [6, 6.07) is 0. The van der Waals surface area contributed by atoms with E-state index in [1.54, 1.807) is 33.0 Å². The van der Waals surface area contributed by atoms with Gasteiger partial charge >= 0.3 is 12.1 Å². The standard InChI is InChI=1S/C18H25F3N4O2.CH3.V/c1-7-8-11(2)9-14(22)15-13(4)23-25(6)16(15)27-12(3)10-24(5)17(26)18(19,20)21;;/h7,9,12,22H,1,8,10H2,2-6H3;1H3;/q;-1;/b11-9+,22-14?;;. The number of likely N-dealkylation sites (N-methyl/N-ethyl adjacent to an activating group) is 1. The molecule has 1 heterocycles. The van der Waals surface area contributed by atoms with E-state index < -0.39 is 18.2 Å². The molecule has 1 radical (unpaired) electrons. The van der Waals surface area contributed by atoms with Gasteiger partial charge in [-0.15, -0.1) is 6.58 Å². The van der Waals surface area contributed by atoms with Gasteiger partial charge in [0.2, 0.25) is 5.88 Å². The maximum absolute atomic E-state index is 12.5. The molecule has 6 nitrogen and oxygen atoms in total. The van der Waals surface area contributed by atoms with Crippen molar-refractivity contribution in [3.05, 3.63) is 43.0 Å². The molecule has 0 saturated heterocycles. The van der Waals surface area contributed by atoms with Gasteiger partial charge in [-0.2, -0.15) is 18.3 Å². The second-order valence-corrected chi connectivity index (χ2v) is 6.40. The minimum absolute atomic E-state index is 0. The summed E-state index contributed by atoms with van der Waals surface area (Å²) >= 11 is 0. The van der Waals surface area contributed by atoms with E-state index in [2.05, 4.69) is 11.7 Å². The largest absolute Gasteiger partial charge is 0.472 e. The van der Waals surface area contributed by atoms with Gasteiger partial charge in [-0.05, 0) is 33.3 Å². The number of amides is 1. The van der Waals surface area contributed by atoms with Crippen molar-refractivity contribution in [2.24, 2.45) is 7.05 Å². The minimum atomic E-state index is -4.93. The number of nitrogens with one attached hydrogen (secondary N) is 1. The van der Waals surface area contributed by atoms with Crippen LogP contribution in [0.25, 0.3) is 0 Å². The number of nitrogens with zero attached hydrogens (tertiary/aromatic N) is 3. The molecule has 0 aliphatic heterocycles. The summed E-state index contributed by atoms with van der Waals surface area (Å²) in [5.74, 6) is -1.67. The fraction of sp³-hybridized carbons (Fsp3) is 0.474. The molecule has 1 unspecified atom stereocenters. The summed E-state index contributed by atoms with van der Waals surface area (Å²) < 4.78 is 44.7. The zero-order valence-electron chi connectivity index (χ0n) is 17.6. The molecule has 0 bridgehead atoms. The Hall–Kier alpha value is -2.00. The summed E-state index contributed by atoms with van der Waals surface area (Å²) in [6.07, 6.45) is -1.65. The topological polar surface area (TPSA) is 71.2 Å². The number of halogens is 3. The first-order chi connectivity index (χ1) is 12.4. The Kier molecular flexibility index (Phi) is 12.0. The first kappa shape index (κ1) is 29.2. The summed E-state index contributed by atoms with van der Waals surface area (Å²) in [7, 11) is 2.69. The van der Waals surface area contributed by atoms with E-state index in [9.17, 15) is 18.0 Å². The van der Waals surface area contributed by atoms with E-state index in [0.717, 1.165) is 12.6 Å². The number of hydrogen-bond acceptors (Lipinski definition) is 4. The molecule has 0 spiro atoms. The molecule has 1 amide bonds. The number of carbonyl (C=O) groups excluding carboxylic acids is 1. The van der Waals surface area contributed by atoms with Crippen molar-refractivity contribution in [3.8, 4) is 5.88 Å². The molecular weight excluding hydrogens is 424 g/mol. The molecule has 163 valence electrons. The number of aromatic nitrogens is 2. The first-order valence-electron chi connectivity index (χ1n) is 8.28. The Morgan fingerprint density at radius 3 is 2.48 bits per heavy atom. The van der Waals surface area contributed by atoms with Gasteiger partial charge in [0, 0.05) is 32.7 Å². The molecule has 0 aliphatic rings. The predicted molar refractivity (Wildman–Crippen MR) is 104 cm³/mol. The summed E-state index contributed by atoms with van der Waals surface area (Å²) in [5.41, 5.74) is 2.12. The molecule has 0 fully saturated rings. The fourth-order valence-electron chi connectivity index (χ4n) is 2.60. The zero-order chi connectivity index (χ0) is 20.9.